The fourth-order valence-electron chi connectivity index (χ4n) is 2.82. The highest BCUT2D eigenvalue weighted by atomic mass is 127. The van der Waals surface area contributed by atoms with Crippen LogP contribution in [0.25, 0.3) is 0 Å². The molecule has 9 heteroatoms. The maximum atomic E-state index is 13.1. The molecule has 0 radical (unpaired) electrons. The molecule has 0 aliphatic carbocycles. The number of aromatic nitrogens is 3. The van der Waals surface area contributed by atoms with E-state index in [2.05, 4.69) is 25.8 Å². The maximum absolute atomic E-state index is 13.1. The summed E-state index contributed by atoms with van der Waals surface area (Å²) in [7, 11) is 3.58. The molecule has 2 N–H and O–H groups in total. The molecule has 31 heavy (non-hydrogen) atoms. The number of aliphatic imine (C=N–C) groups is 1. The van der Waals surface area contributed by atoms with Gasteiger partial charge in [-0.3, -0.25) is 0 Å². The van der Waals surface area contributed by atoms with Crippen LogP contribution in [0, 0.1) is 12.7 Å². The van der Waals surface area contributed by atoms with Crippen LogP contribution in [0.3, 0.4) is 0 Å². The molecule has 166 valence electrons. The zero-order valence-electron chi connectivity index (χ0n) is 17.9. The summed E-state index contributed by atoms with van der Waals surface area (Å²) in [6, 6.07) is 14.4. The minimum Gasteiger partial charge on any atom is -0.497 e. The van der Waals surface area contributed by atoms with Crippen LogP contribution in [-0.4, -0.2) is 34.4 Å². The van der Waals surface area contributed by atoms with E-state index in [0.29, 0.717) is 25.6 Å². The lowest BCUT2D eigenvalue weighted by molar-refractivity contribution is 0.414. The molecule has 7 nitrogen and oxygen atoms in total. The number of nitrogens with zero attached hydrogens (tertiary/aromatic N) is 4. The van der Waals surface area contributed by atoms with Crippen molar-refractivity contribution in [1.82, 2.24) is 25.4 Å². The number of methoxy groups -OCH3 is 1. The maximum Gasteiger partial charge on any atom is 0.191 e. The molecule has 0 spiro atoms. The molecule has 0 aliphatic heterocycles. The molecule has 0 unspecified atom stereocenters. The Balaban J connectivity index is 0.00000341. The molecule has 0 atom stereocenters. The summed E-state index contributed by atoms with van der Waals surface area (Å²) in [4.78, 5) is 4.68. The molecule has 0 aliphatic rings. The number of nitrogens with one attached hydrogen (secondary N) is 2. The van der Waals surface area contributed by atoms with E-state index in [0.717, 1.165) is 34.9 Å². The first kappa shape index (κ1) is 24.6. The number of benzene rings is 2. The quantitative estimate of drug-likeness (QED) is 0.262. The molecule has 0 saturated heterocycles. The Bertz CT molecular complexity index is 973. The van der Waals surface area contributed by atoms with E-state index in [9.17, 15) is 4.39 Å². The molecule has 0 saturated carbocycles. The molecule has 3 rings (SSSR count). The van der Waals surface area contributed by atoms with E-state index in [1.165, 1.54) is 12.1 Å². The number of hydrogen-bond donors (Lipinski definition) is 2. The Labute approximate surface area is 199 Å². The van der Waals surface area contributed by atoms with Crippen molar-refractivity contribution in [2.75, 3.05) is 13.7 Å². The second-order valence-corrected chi connectivity index (χ2v) is 6.89. The van der Waals surface area contributed by atoms with Gasteiger partial charge in [0.15, 0.2) is 11.8 Å². The number of guanidine groups is 1. The second kappa shape index (κ2) is 12.2. The van der Waals surface area contributed by atoms with E-state index in [1.54, 1.807) is 19.2 Å². The largest absolute Gasteiger partial charge is 0.497 e. The monoisotopic (exact) mass is 538 g/mol. The highest BCUT2D eigenvalue weighted by molar-refractivity contribution is 14.0. The van der Waals surface area contributed by atoms with E-state index >= 15 is 0 Å². The molecule has 1 aromatic heterocycles. The van der Waals surface area contributed by atoms with Crippen LogP contribution in [0.1, 0.15) is 22.8 Å². The zero-order chi connectivity index (χ0) is 21.3. The van der Waals surface area contributed by atoms with Crippen LogP contribution in [-0.2, 0) is 26.6 Å². The molecular weight excluding hydrogens is 510 g/mol. The van der Waals surface area contributed by atoms with E-state index < -0.39 is 0 Å². The first-order valence-electron chi connectivity index (χ1n) is 9.79. The molecule has 3 aromatic rings. The first-order chi connectivity index (χ1) is 14.5. The van der Waals surface area contributed by atoms with Crippen LogP contribution in [0.15, 0.2) is 53.5 Å². The van der Waals surface area contributed by atoms with Crippen molar-refractivity contribution in [1.29, 1.82) is 0 Å². The van der Waals surface area contributed by atoms with Gasteiger partial charge in [-0.15, -0.1) is 34.2 Å². The van der Waals surface area contributed by atoms with Gasteiger partial charge in [-0.1, -0.05) is 24.3 Å². The highest BCUT2D eigenvalue weighted by Gasteiger charge is 2.06. The SMILES string of the molecule is COc1ccc(CN=C(NCCc2ccc(F)cc2)NCc2nnc(C)n2C)cc1.I. The summed E-state index contributed by atoms with van der Waals surface area (Å²) >= 11 is 0. The minimum atomic E-state index is -0.228. The van der Waals surface area contributed by atoms with Crippen molar-refractivity contribution in [3.63, 3.8) is 0 Å². The zero-order valence-corrected chi connectivity index (χ0v) is 20.3. The summed E-state index contributed by atoms with van der Waals surface area (Å²) in [6.45, 7) is 3.60. The lowest BCUT2D eigenvalue weighted by atomic mass is 10.1. The van der Waals surface area contributed by atoms with Gasteiger partial charge in [-0.25, -0.2) is 9.38 Å². The van der Waals surface area contributed by atoms with Gasteiger partial charge in [0.1, 0.15) is 17.4 Å². The third kappa shape index (κ3) is 7.50. The molecule has 0 bridgehead atoms. The molecule has 0 fully saturated rings. The average molecular weight is 538 g/mol. The standard InChI is InChI=1S/C22H27FN6O.HI/c1-16-27-28-21(29(16)2)15-26-22(24-13-12-17-4-8-19(23)9-5-17)25-14-18-6-10-20(30-3)11-7-18;/h4-11H,12-15H2,1-3H3,(H2,24,25,26);1H. The van der Waals surface area contributed by atoms with Gasteiger partial charge in [-0.05, 0) is 48.7 Å². The van der Waals surface area contributed by atoms with Crippen molar-refractivity contribution in [2.24, 2.45) is 12.0 Å². The number of halogens is 2. The minimum absolute atomic E-state index is 0. The van der Waals surface area contributed by atoms with Crippen molar-refractivity contribution >= 4 is 29.9 Å². The smallest absolute Gasteiger partial charge is 0.191 e. The van der Waals surface area contributed by atoms with Crippen LogP contribution in [0.5, 0.6) is 5.75 Å². The Morgan fingerprint density at radius 3 is 2.32 bits per heavy atom. The highest BCUT2D eigenvalue weighted by Crippen LogP contribution is 2.12. The third-order valence-corrected chi connectivity index (χ3v) is 4.79. The Morgan fingerprint density at radius 2 is 1.71 bits per heavy atom. The lowest BCUT2D eigenvalue weighted by Crippen LogP contribution is -2.38. The van der Waals surface area contributed by atoms with Crippen molar-refractivity contribution in [3.05, 3.63) is 77.1 Å². The van der Waals surface area contributed by atoms with Crippen molar-refractivity contribution in [2.45, 2.75) is 26.4 Å². The van der Waals surface area contributed by atoms with E-state index in [1.807, 2.05) is 42.8 Å². The summed E-state index contributed by atoms with van der Waals surface area (Å²) in [6.07, 6.45) is 0.757. The Morgan fingerprint density at radius 1 is 1.03 bits per heavy atom. The number of hydrogen-bond acceptors (Lipinski definition) is 4. The average Bonchev–Trinajstić information content (AvgIpc) is 3.09. The van der Waals surface area contributed by atoms with E-state index in [4.69, 9.17) is 4.74 Å². The first-order valence-corrected chi connectivity index (χ1v) is 9.79. The summed E-state index contributed by atoms with van der Waals surface area (Å²) in [5, 5.41) is 14.9. The second-order valence-electron chi connectivity index (χ2n) is 6.89. The normalized spacial score (nSPS) is 11.0. The van der Waals surface area contributed by atoms with E-state index in [-0.39, 0.29) is 29.8 Å². The summed E-state index contributed by atoms with van der Waals surface area (Å²) in [5.74, 6) is 2.94. The fraction of sp³-hybridized carbons (Fsp3) is 0.318. The van der Waals surface area contributed by atoms with Crippen LogP contribution in [0.2, 0.25) is 0 Å². The molecule has 1 heterocycles. The van der Waals surface area contributed by atoms with Gasteiger partial charge in [0.05, 0.1) is 20.2 Å². The predicted octanol–water partition coefficient (Wildman–Crippen LogP) is 3.37. The van der Waals surface area contributed by atoms with Crippen molar-refractivity contribution < 1.29 is 9.13 Å². The lowest BCUT2D eigenvalue weighted by Gasteiger charge is -2.13. The Hall–Kier alpha value is -2.69. The number of rotatable bonds is 8. The van der Waals surface area contributed by atoms with Crippen LogP contribution in [0.4, 0.5) is 4.39 Å². The number of ether oxygens (including phenoxy) is 1. The molecule has 0 amide bonds. The predicted molar refractivity (Wildman–Crippen MR) is 130 cm³/mol. The number of aryl methyl sites for hydroxylation is 1. The molecule has 2 aromatic carbocycles. The molecular formula is C22H28FIN6O. The Kier molecular flexibility index (Phi) is 9.70. The third-order valence-electron chi connectivity index (χ3n) is 4.79. The van der Waals surface area contributed by atoms with Gasteiger partial charge in [0.2, 0.25) is 0 Å². The van der Waals surface area contributed by atoms with Gasteiger partial charge < -0.3 is 19.9 Å². The summed E-state index contributed by atoms with van der Waals surface area (Å²) < 4.78 is 20.2. The summed E-state index contributed by atoms with van der Waals surface area (Å²) in [5.41, 5.74) is 2.13. The van der Waals surface area contributed by atoms with Gasteiger partial charge in [-0.2, -0.15) is 0 Å². The van der Waals surface area contributed by atoms with Crippen LogP contribution < -0.4 is 15.4 Å². The van der Waals surface area contributed by atoms with Gasteiger partial charge in [0.25, 0.3) is 0 Å². The van der Waals surface area contributed by atoms with Gasteiger partial charge in [0, 0.05) is 13.6 Å². The fourth-order valence-corrected chi connectivity index (χ4v) is 2.82. The topological polar surface area (TPSA) is 76.4 Å². The van der Waals surface area contributed by atoms with Crippen LogP contribution >= 0.6 is 24.0 Å². The van der Waals surface area contributed by atoms with Crippen molar-refractivity contribution in [3.8, 4) is 5.75 Å². The van der Waals surface area contributed by atoms with Gasteiger partial charge >= 0.3 is 0 Å².